The van der Waals surface area contributed by atoms with Crippen LogP contribution in [0.15, 0.2) is 36.4 Å². The van der Waals surface area contributed by atoms with Crippen LogP contribution in [0, 0.1) is 5.82 Å². The average molecular weight is 536 g/mol. The normalized spacial score (nSPS) is 16.2. The van der Waals surface area contributed by atoms with Gasteiger partial charge in [0.05, 0.1) is 5.69 Å². The summed E-state index contributed by atoms with van der Waals surface area (Å²) in [6, 6.07) is 10.0. The molecule has 1 aliphatic heterocycles. The minimum atomic E-state index is -1.70. The Hall–Kier alpha value is -3.83. The van der Waals surface area contributed by atoms with Gasteiger partial charge in [-0.15, -0.1) is 0 Å². The van der Waals surface area contributed by atoms with E-state index in [1.165, 1.54) is 16.8 Å². The molecule has 11 heteroatoms. The number of amides is 1. The van der Waals surface area contributed by atoms with Crippen LogP contribution in [0.4, 0.5) is 15.9 Å². The van der Waals surface area contributed by atoms with Gasteiger partial charge in [0.1, 0.15) is 23.0 Å². The molecule has 1 saturated heterocycles. The van der Waals surface area contributed by atoms with Crippen molar-refractivity contribution in [1.82, 2.24) is 29.3 Å². The van der Waals surface area contributed by atoms with Crippen molar-refractivity contribution in [3.63, 3.8) is 0 Å². The number of likely N-dealkylation sites (tertiary alicyclic amines) is 1. The van der Waals surface area contributed by atoms with E-state index in [1.807, 2.05) is 11.8 Å². The first kappa shape index (κ1) is 26.8. The third-order valence-corrected chi connectivity index (χ3v) is 7.49. The summed E-state index contributed by atoms with van der Waals surface area (Å²) in [6.07, 6.45) is 3.17. The minimum Gasteiger partial charge on any atom is -0.363 e. The number of carbonyl (C=O) groups excluding carboxylic acids is 1. The number of carbonyl (C=O) groups is 1. The van der Waals surface area contributed by atoms with E-state index in [2.05, 4.69) is 22.1 Å². The number of aliphatic hydroxyl groups excluding tert-OH is 1. The first-order valence-corrected chi connectivity index (χ1v) is 13.3. The molecular weight excluding hydrogens is 501 g/mol. The van der Waals surface area contributed by atoms with Gasteiger partial charge in [0.15, 0.2) is 11.9 Å². The molecule has 0 saturated carbocycles. The van der Waals surface area contributed by atoms with Crippen LogP contribution >= 0.6 is 0 Å². The number of hydrogen-bond donors (Lipinski definition) is 2. The lowest BCUT2D eigenvalue weighted by Crippen LogP contribution is -2.38. The maximum atomic E-state index is 15.4. The van der Waals surface area contributed by atoms with Gasteiger partial charge in [0.25, 0.3) is 5.91 Å². The van der Waals surface area contributed by atoms with Crippen LogP contribution in [-0.4, -0.2) is 65.0 Å². The fourth-order valence-corrected chi connectivity index (χ4v) is 5.23. The van der Waals surface area contributed by atoms with Crippen molar-refractivity contribution in [1.29, 1.82) is 0 Å². The van der Waals surface area contributed by atoms with Crippen LogP contribution in [0.2, 0.25) is 0 Å². The first-order valence-electron chi connectivity index (χ1n) is 13.3. The maximum absolute atomic E-state index is 15.4. The highest BCUT2D eigenvalue weighted by molar-refractivity contribution is 5.93. The fourth-order valence-electron chi connectivity index (χ4n) is 5.23. The van der Waals surface area contributed by atoms with E-state index >= 15 is 4.39 Å². The second kappa shape index (κ2) is 10.7. The summed E-state index contributed by atoms with van der Waals surface area (Å²) in [7, 11) is 3.41. The number of fused-ring (bicyclic) bond motifs is 1. The Labute approximate surface area is 226 Å². The smallest absolute Gasteiger partial charge is 0.272 e. The van der Waals surface area contributed by atoms with Crippen LogP contribution < -0.4 is 4.90 Å². The van der Waals surface area contributed by atoms with Crippen molar-refractivity contribution < 1.29 is 19.4 Å². The predicted molar refractivity (Wildman–Crippen MR) is 145 cm³/mol. The molecule has 0 spiro atoms. The molecule has 39 heavy (non-hydrogen) atoms. The van der Waals surface area contributed by atoms with Crippen molar-refractivity contribution in [3.8, 4) is 11.3 Å². The van der Waals surface area contributed by atoms with Crippen LogP contribution in [-0.2, 0) is 13.5 Å². The van der Waals surface area contributed by atoms with Gasteiger partial charge in [-0.3, -0.25) is 9.48 Å². The Balaban J connectivity index is 1.47. The Bertz CT molecular complexity index is 1510. The highest BCUT2D eigenvalue weighted by atomic mass is 19.1. The Kier molecular flexibility index (Phi) is 7.37. The summed E-state index contributed by atoms with van der Waals surface area (Å²) in [5.74, 6) is 0.0146. The van der Waals surface area contributed by atoms with E-state index < -0.39 is 12.1 Å². The molecule has 1 amide bonds. The van der Waals surface area contributed by atoms with Gasteiger partial charge in [-0.05, 0) is 50.5 Å². The zero-order valence-electron chi connectivity index (χ0n) is 22.7. The molecule has 206 valence electrons. The molecule has 0 aliphatic carbocycles. The second-order valence-corrected chi connectivity index (χ2v) is 10.1. The molecule has 10 nitrogen and oxygen atoms in total. The summed E-state index contributed by atoms with van der Waals surface area (Å²) in [5, 5.41) is 27.6. The molecule has 1 aliphatic rings. The molecule has 0 unspecified atom stereocenters. The first-order chi connectivity index (χ1) is 18.7. The summed E-state index contributed by atoms with van der Waals surface area (Å²) in [6.45, 7) is 4.81. The van der Waals surface area contributed by atoms with E-state index in [0.717, 1.165) is 37.9 Å². The third-order valence-electron chi connectivity index (χ3n) is 7.49. The van der Waals surface area contributed by atoms with Crippen LogP contribution in [0.1, 0.15) is 67.7 Å². The number of anilines is 2. The Morgan fingerprint density at radius 1 is 1.15 bits per heavy atom. The summed E-state index contributed by atoms with van der Waals surface area (Å²) in [5.41, 5.74) is 3.10. The van der Waals surface area contributed by atoms with Gasteiger partial charge in [-0.25, -0.2) is 13.9 Å². The zero-order valence-corrected chi connectivity index (χ0v) is 22.7. The third kappa shape index (κ3) is 5.11. The van der Waals surface area contributed by atoms with E-state index in [0.29, 0.717) is 40.5 Å². The average Bonchev–Trinajstić information content (AvgIpc) is 3.45. The molecular formula is C28H34FN7O3. The molecule has 0 bridgehead atoms. The topological polar surface area (TPSA) is 112 Å². The molecule has 2 N–H and O–H groups in total. The molecule has 5 rings (SSSR count). The van der Waals surface area contributed by atoms with Crippen molar-refractivity contribution in [3.05, 3.63) is 59.3 Å². The van der Waals surface area contributed by atoms with E-state index in [1.54, 1.807) is 47.8 Å². The summed E-state index contributed by atoms with van der Waals surface area (Å²) >= 11 is 0. The number of halogens is 1. The molecule has 1 fully saturated rings. The van der Waals surface area contributed by atoms with E-state index in [4.69, 9.17) is 0 Å². The van der Waals surface area contributed by atoms with Crippen LogP contribution in [0.5, 0.6) is 0 Å². The van der Waals surface area contributed by atoms with Gasteiger partial charge in [0.2, 0.25) is 0 Å². The van der Waals surface area contributed by atoms with Crippen molar-refractivity contribution >= 4 is 23.1 Å². The van der Waals surface area contributed by atoms with Gasteiger partial charge in [-0.2, -0.15) is 10.2 Å². The van der Waals surface area contributed by atoms with Crippen LogP contribution in [0.25, 0.3) is 16.9 Å². The standard InChI is InChI=1S/C28H34FN7O3/c1-5-18-14-23(27(37)35-12-8-6-7-9-17(35)2)30-25-15-22(32-36(18)25)20-11-10-19(13-21(20)29)33(3)26-16-24(28(38)39)31-34(26)4/h10-11,13-17,28,38-39H,5-9,12H2,1-4H3/t17-/m1/s1. The number of aliphatic hydroxyl groups is 2. The number of rotatable bonds is 6. The fraction of sp³-hybridized carbons (Fsp3) is 0.429. The SMILES string of the molecule is CCc1cc(C(=O)N2CCCCC[C@H]2C)nc2cc(-c3ccc(N(C)c4cc(C(O)O)nn4C)cc3F)nn12. The highest BCUT2D eigenvalue weighted by Gasteiger charge is 2.25. The lowest BCUT2D eigenvalue weighted by atomic mass is 10.1. The number of benzene rings is 1. The molecule has 1 atom stereocenters. The highest BCUT2D eigenvalue weighted by Crippen LogP contribution is 2.31. The van der Waals surface area contributed by atoms with Crippen molar-refractivity contribution in [2.24, 2.45) is 7.05 Å². The van der Waals surface area contributed by atoms with E-state index in [-0.39, 0.29) is 17.6 Å². The number of nitrogens with zero attached hydrogens (tertiary/aromatic N) is 7. The van der Waals surface area contributed by atoms with Gasteiger partial charge < -0.3 is 20.0 Å². The maximum Gasteiger partial charge on any atom is 0.272 e. The van der Waals surface area contributed by atoms with E-state index in [9.17, 15) is 15.0 Å². The molecule has 3 aromatic heterocycles. The number of hydrogen-bond acceptors (Lipinski definition) is 7. The number of aromatic nitrogens is 5. The van der Waals surface area contributed by atoms with Gasteiger partial charge >= 0.3 is 0 Å². The Morgan fingerprint density at radius 3 is 2.64 bits per heavy atom. The minimum absolute atomic E-state index is 0.0741. The second-order valence-electron chi connectivity index (χ2n) is 10.1. The van der Waals surface area contributed by atoms with Gasteiger partial charge in [0, 0.05) is 55.8 Å². The molecule has 0 radical (unpaired) electrons. The molecule has 4 aromatic rings. The zero-order chi connectivity index (χ0) is 27.8. The van der Waals surface area contributed by atoms with Crippen molar-refractivity contribution in [2.75, 3.05) is 18.5 Å². The monoisotopic (exact) mass is 535 g/mol. The van der Waals surface area contributed by atoms with Crippen LogP contribution in [0.3, 0.4) is 0 Å². The largest absolute Gasteiger partial charge is 0.363 e. The molecule has 1 aromatic carbocycles. The van der Waals surface area contributed by atoms with Gasteiger partial charge in [-0.1, -0.05) is 19.8 Å². The summed E-state index contributed by atoms with van der Waals surface area (Å²) < 4.78 is 18.6. The quantitative estimate of drug-likeness (QED) is 0.359. The predicted octanol–water partition coefficient (Wildman–Crippen LogP) is 3.99. The summed E-state index contributed by atoms with van der Waals surface area (Å²) in [4.78, 5) is 21.7. The lowest BCUT2D eigenvalue weighted by Gasteiger charge is -2.27. The Morgan fingerprint density at radius 2 is 1.95 bits per heavy atom. The van der Waals surface area contributed by atoms with Crippen molar-refractivity contribution in [2.45, 2.75) is 58.3 Å². The molecule has 4 heterocycles. The lowest BCUT2D eigenvalue weighted by molar-refractivity contribution is -0.0461. The number of aryl methyl sites for hydroxylation is 2.